The zero-order valence-corrected chi connectivity index (χ0v) is 40.2. The molecule has 0 saturated carbocycles. The van der Waals surface area contributed by atoms with Crippen LogP contribution in [-0.4, -0.2) is 142 Å². The Labute approximate surface area is 395 Å². The molecule has 0 spiro atoms. The lowest BCUT2D eigenvalue weighted by molar-refractivity contribution is -0.332. The number of ether oxygens (including phenoxy) is 6. The van der Waals surface area contributed by atoms with E-state index in [1.54, 1.807) is 0 Å². The molecule has 2 aliphatic heterocycles. The smallest absolute Gasteiger partial charge is 0.306 e. The van der Waals surface area contributed by atoms with Gasteiger partial charge in [0.2, 0.25) is 0 Å². The Morgan fingerprint density at radius 3 is 1.47 bits per heavy atom. The second-order valence-electron chi connectivity index (χ2n) is 17.6. The molecule has 0 amide bonds. The minimum absolute atomic E-state index is 0.142. The van der Waals surface area contributed by atoms with Crippen LogP contribution in [0.3, 0.4) is 0 Å². The number of rotatable bonds is 38. The molecular formula is C51H88O15. The quantitative estimate of drug-likeness (QED) is 0.0194. The van der Waals surface area contributed by atoms with E-state index in [-0.39, 0.29) is 19.4 Å². The predicted molar refractivity (Wildman–Crippen MR) is 252 cm³/mol. The molecule has 4 unspecified atom stereocenters. The molecular weight excluding hydrogens is 853 g/mol. The van der Waals surface area contributed by atoms with Crippen molar-refractivity contribution in [2.24, 2.45) is 0 Å². The van der Waals surface area contributed by atoms with Gasteiger partial charge in [0.15, 0.2) is 18.7 Å². The molecule has 2 saturated heterocycles. The highest BCUT2D eigenvalue weighted by molar-refractivity contribution is 5.70. The van der Waals surface area contributed by atoms with Gasteiger partial charge in [0.05, 0.1) is 19.8 Å². The molecule has 0 aromatic carbocycles. The maximum atomic E-state index is 13.0. The molecule has 0 aromatic rings. The van der Waals surface area contributed by atoms with Gasteiger partial charge in [-0.1, -0.05) is 152 Å². The second kappa shape index (κ2) is 38.3. The number of allylic oxidation sites excluding steroid dienone is 8. The van der Waals surface area contributed by atoms with Crippen LogP contribution in [0.25, 0.3) is 0 Å². The number of hydrogen-bond acceptors (Lipinski definition) is 15. The molecule has 15 heteroatoms. The van der Waals surface area contributed by atoms with Crippen molar-refractivity contribution in [1.82, 2.24) is 0 Å². The van der Waals surface area contributed by atoms with E-state index in [0.29, 0.717) is 19.3 Å². The van der Waals surface area contributed by atoms with Gasteiger partial charge in [-0.3, -0.25) is 9.59 Å². The fourth-order valence-corrected chi connectivity index (χ4v) is 7.62. The fourth-order valence-electron chi connectivity index (χ4n) is 7.62. The summed E-state index contributed by atoms with van der Waals surface area (Å²) in [7, 11) is 0. The summed E-state index contributed by atoms with van der Waals surface area (Å²) in [5.41, 5.74) is 0. The summed E-state index contributed by atoms with van der Waals surface area (Å²) in [5, 5.41) is 72.0. The molecule has 66 heavy (non-hydrogen) atoms. The summed E-state index contributed by atoms with van der Waals surface area (Å²) < 4.78 is 33.5. The van der Waals surface area contributed by atoms with E-state index in [0.717, 1.165) is 44.9 Å². The van der Waals surface area contributed by atoms with E-state index in [2.05, 4.69) is 56.4 Å². The van der Waals surface area contributed by atoms with E-state index < -0.39 is 99.3 Å². The van der Waals surface area contributed by atoms with Crippen LogP contribution >= 0.6 is 0 Å². The molecule has 7 N–H and O–H groups in total. The van der Waals surface area contributed by atoms with Crippen LogP contribution in [0.4, 0.5) is 0 Å². The lowest BCUT2D eigenvalue weighted by Gasteiger charge is -2.42. The SMILES string of the molecule is CCCCC/C=C/C/C=C/C/C=C/C/C=C/CCCC(=O)OC[C@@H](CO[C@@H]1O[C@H](CO[C@@H]2O[C@H](CO)[C@H](O)C(O)C2O)[C@H](O)C(O)C1O)OC(=O)CCCCCCCCCCCCCCC. The Kier molecular flexibility index (Phi) is 34.6. The van der Waals surface area contributed by atoms with Gasteiger partial charge in [-0.25, -0.2) is 0 Å². The van der Waals surface area contributed by atoms with Crippen LogP contribution in [-0.2, 0) is 38.0 Å². The van der Waals surface area contributed by atoms with Gasteiger partial charge in [0.25, 0.3) is 0 Å². The average Bonchev–Trinajstić information content (AvgIpc) is 3.31. The minimum Gasteiger partial charge on any atom is -0.462 e. The Hall–Kier alpha value is -2.54. The summed E-state index contributed by atoms with van der Waals surface area (Å²) >= 11 is 0. The number of carbonyl (C=O) groups is 2. The van der Waals surface area contributed by atoms with Gasteiger partial charge in [-0.05, 0) is 51.4 Å². The molecule has 0 radical (unpaired) electrons. The molecule has 11 atom stereocenters. The molecule has 2 heterocycles. The summed E-state index contributed by atoms with van der Waals surface area (Å²) in [4.78, 5) is 25.7. The number of aliphatic hydroxyl groups is 7. The molecule has 2 fully saturated rings. The summed E-state index contributed by atoms with van der Waals surface area (Å²) in [6.07, 6.45) is 24.3. The molecule has 382 valence electrons. The van der Waals surface area contributed by atoms with Crippen molar-refractivity contribution in [3.8, 4) is 0 Å². The summed E-state index contributed by atoms with van der Waals surface area (Å²) in [6.45, 7) is 2.49. The van der Waals surface area contributed by atoms with Crippen molar-refractivity contribution in [2.75, 3.05) is 26.4 Å². The van der Waals surface area contributed by atoms with Crippen molar-refractivity contribution in [1.29, 1.82) is 0 Å². The van der Waals surface area contributed by atoms with E-state index >= 15 is 0 Å². The van der Waals surface area contributed by atoms with Crippen molar-refractivity contribution in [2.45, 2.75) is 235 Å². The molecule has 0 bridgehead atoms. The highest BCUT2D eigenvalue weighted by Gasteiger charge is 2.47. The zero-order valence-electron chi connectivity index (χ0n) is 40.2. The van der Waals surface area contributed by atoms with E-state index in [1.165, 1.54) is 77.0 Å². The Morgan fingerprint density at radius 2 is 0.924 bits per heavy atom. The highest BCUT2D eigenvalue weighted by Crippen LogP contribution is 2.26. The van der Waals surface area contributed by atoms with Gasteiger partial charge >= 0.3 is 11.9 Å². The lowest BCUT2D eigenvalue weighted by Crippen LogP contribution is -2.61. The number of carbonyl (C=O) groups excluding carboxylic acids is 2. The first-order valence-electron chi connectivity index (χ1n) is 25.2. The normalized spacial score (nSPS) is 26.6. The predicted octanol–water partition coefficient (Wildman–Crippen LogP) is 6.71. The number of unbranched alkanes of at least 4 members (excludes halogenated alkanes) is 16. The van der Waals surface area contributed by atoms with E-state index in [1.807, 2.05) is 6.08 Å². The van der Waals surface area contributed by atoms with Gasteiger partial charge in [0.1, 0.15) is 55.4 Å². The molecule has 15 nitrogen and oxygen atoms in total. The average molecular weight is 941 g/mol. The van der Waals surface area contributed by atoms with Crippen molar-refractivity contribution in [3.63, 3.8) is 0 Å². The van der Waals surface area contributed by atoms with Gasteiger partial charge < -0.3 is 64.2 Å². The molecule has 0 aromatic heterocycles. The Morgan fingerprint density at radius 1 is 0.485 bits per heavy atom. The maximum Gasteiger partial charge on any atom is 0.306 e. The molecule has 2 aliphatic rings. The highest BCUT2D eigenvalue weighted by atomic mass is 16.7. The van der Waals surface area contributed by atoms with Crippen molar-refractivity contribution in [3.05, 3.63) is 48.6 Å². The van der Waals surface area contributed by atoms with Gasteiger partial charge in [0, 0.05) is 12.8 Å². The first kappa shape index (κ1) is 59.6. The van der Waals surface area contributed by atoms with Crippen LogP contribution in [0.15, 0.2) is 48.6 Å². The third-order valence-corrected chi connectivity index (χ3v) is 11.8. The van der Waals surface area contributed by atoms with Crippen LogP contribution in [0.2, 0.25) is 0 Å². The van der Waals surface area contributed by atoms with E-state index in [9.17, 15) is 45.3 Å². The van der Waals surface area contributed by atoms with Gasteiger partial charge in [-0.2, -0.15) is 0 Å². The monoisotopic (exact) mass is 941 g/mol. The third kappa shape index (κ3) is 26.3. The van der Waals surface area contributed by atoms with Crippen LogP contribution in [0.1, 0.15) is 168 Å². The zero-order chi connectivity index (χ0) is 48.2. The van der Waals surface area contributed by atoms with Crippen LogP contribution in [0.5, 0.6) is 0 Å². The van der Waals surface area contributed by atoms with Gasteiger partial charge in [-0.15, -0.1) is 0 Å². The Balaban J connectivity index is 1.84. The van der Waals surface area contributed by atoms with Crippen LogP contribution < -0.4 is 0 Å². The lowest BCUT2D eigenvalue weighted by atomic mass is 9.98. The molecule has 0 aliphatic carbocycles. The first-order valence-corrected chi connectivity index (χ1v) is 25.2. The summed E-state index contributed by atoms with van der Waals surface area (Å²) in [5.74, 6) is -0.990. The Bertz CT molecular complexity index is 1340. The van der Waals surface area contributed by atoms with E-state index in [4.69, 9.17) is 28.4 Å². The molecule has 2 rings (SSSR count). The summed E-state index contributed by atoms with van der Waals surface area (Å²) in [6, 6.07) is 0. The number of aliphatic hydroxyl groups excluding tert-OH is 7. The fraction of sp³-hybridized carbons (Fsp3) is 0.804. The maximum absolute atomic E-state index is 13.0. The van der Waals surface area contributed by atoms with Crippen molar-refractivity contribution < 1.29 is 73.8 Å². The first-order chi connectivity index (χ1) is 32.0. The topological polar surface area (TPSA) is 231 Å². The van der Waals surface area contributed by atoms with Crippen LogP contribution in [0, 0.1) is 0 Å². The van der Waals surface area contributed by atoms with Crippen molar-refractivity contribution >= 4 is 11.9 Å². The minimum atomic E-state index is -1.77. The number of hydrogen-bond donors (Lipinski definition) is 7. The largest absolute Gasteiger partial charge is 0.462 e. The third-order valence-electron chi connectivity index (χ3n) is 11.8. The number of esters is 2. The standard InChI is InChI=1S/C51H88O15/c1-3-5-7-9-11-13-15-17-18-19-20-22-23-25-27-29-31-33-42(53)61-36-39(64-43(54)34-32-30-28-26-24-21-16-14-12-10-8-6-4-2)37-62-50-49(60)47(58)45(56)41(66-50)38-63-51-48(59)46(57)44(55)40(35-52)65-51/h11,13,17-18,20,22,25,27,39-41,44-52,55-60H,3-10,12,14-16,19,21,23-24,26,28-38H2,1-2H3/b13-11+,18-17+,22-20+,27-25+/t39-,40+,41+,44-,45-,46?,47?,48?,49?,50+,51+/m0/s1. The second-order valence-corrected chi connectivity index (χ2v) is 17.6.